The second kappa shape index (κ2) is 8.39. The summed E-state index contributed by atoms with van der Waals surface area (Å²) in [5.41, 5.74) is 0. The van der Waals surface area contributed by atoms with Gasteiger partial charge in [0.2, 0.25) is 0 Å². The van der Waals surface area contributed by atoms with Crippen LogP contribution in [0.25, 0.3) is 0 Å². The first-order valence-corrected chi connectivity index (χ1v) is 6.45. The van der Waals surface area contributed by atoms with E-state index in [1.165, 1.54) is 29.6 Å². The summed E-state index contributed by atoms with van der Waals surface area (Å²) in [6, 6.07) is 0. The van der Waals surface area contributed by atoms with Crippen molar-refractivity contribution in [3.8, 4) is 0 Å². The molecule has 1 nitrogen and oxygen atoms in total. The van der Waals surface area contributed by atoms with Crippen LogP contribution in [0.3, 0.4) is 0 Å². The molecule has 1 aliphatic heterocycles. The van der Waals surface area contributed by atoms with Crippen molar-refractivity contribution in [1.82, 2.24) is 5.32 Å². The topological polar surface area (TPSA) is 14.1 Å². The third-order valence-corrected chi connectivity index (χ3v) is 3.97. The maximum atomic E-state index is 3.90. The van der Waals surface area contributed by atoms with E-state index in [9.17, 15) is 0 Å². The zero-order chi connectivity index (χ0) is 12.3. The van der Waals surface area contributed by atoms with Crippen molar-refractivity contribution in [2.24, 2.45) is 0 Å². The summed E-state index contributed by atoms with van der Waals surface area (Å²) >= 11 is 2.16. The predicted octanol–water partition coefficient (Wildman–Crippen LogP) is 4.07. The average molecular weight is 383 g/mol. The Balaban J connectivity index is 0.000000316. The Morgan fingerprint density at radius 3 is 1.29 bits per heavy atom. The molecule has 1 saturated carbocycles. The van der Waals surface area contributed by atoms with Crippen molar-refractivity contribution < 1.29 is 17.1 Å². The number of hydrogen-bond donors (Lipinski definition) is 0. The van der Waals surface area contributed by atoms with Crippen LogP contribution < -0.4 is 5.32 Å². The van der Waals surface area contributed by atoms with Gasteiger partial charge in [0, 0.05) is 13.0 Å². The quantitative estimate of drug-likeness (QED) is 0.340. The van der Waals surface area contributed by atoms with Crippen molar-refractivity contribution in [1.29, 1.82) is 0 Å². The average Bonchev–Trinajstić information content (AvgIpc) is 2.80. The van der Waals surface area contributed by atoms with Crippen LogP contribution in [0.15, 0.2) is 0 Å². The van der Waals surface area contributed by atoms with E-state index in [1.54, 1.807) is 6.54 Å². The van der Waals surface area contributed by atoms with Crippen LogP contribution in [0.2, 0.25) is 0 Å². The normalized spacial score (nSPS) is 25.8. The van der Waals surface area contributed by atoms with Gasteiger partial charge in [0.25, 0.3) is 0 Å². The van der Waals surface area contributed by atoms with E-state index >= 15 is 0 Å². The Kier molecular flexibility index (Phi) is 8.99. The van der Waals surface area contributed by atoms with Crippen LogP contribution in [-0.2, 0) is 17.1 Å². The zero-order valence-electron chi connectivity index (χ0n) is 10.9. The van der Waals surface area contributed by atoms with Gasteiger partial charge in [-0.25, -0.2) is 5.32 Å². The Morgan fingerprint density at radius 1 is 0.824 bits per heavy atom. The van der Waals surface area contributed by atoms with Gasteiger partial charge in [0.05, 0.1) is 0 Å². The molecule has 1 heterocycles. The Bertz CT molecular complexity index is 162. The summed E-state index contributed by atoms with van der Waals surface area (Å²) in [6.07, 6.45) is 3.88. The Morgan fingerprint density at radius 2 is 1.18 bits per heavy atom. The van der Waals surface area contributed by atoms with Gasteiger partial charge in [0.15, 0.2) is 0 Å². The maximum absolute atomic E-state index is 3.90. The molecular weight excluding hydrogens is 365 g/mol. The second-order valence-electron chi connectivity index (χ2n) is 4.09. The van der Waals surface area contributed by atoms with Gasteiger partial charge in [-0.05, 0) is 36.0 Å². The first-order valence-electron chi connectivity index (χ1n) is 5.38. The van der Waals surface area contributed by atoms with Crippen LogP contribution in [-0.4, -0.2) is 0 Å². The van der Waals surface area contributed by atoms with Gasteiger partial charge < -0.3 is 0 Å². The molecule has 92 valence electrons. The molecule has 3 heteroatoms. The monoisotopic (exact) mass is 383 g/mol. The van der Waals surface area contributed by atoms with Crippen molar-refractivity contribution in [3.05, 3.63) is 53.0 Å². The number of hydrogen-bond acceptors (Lipinski definition) is 0. The van der Waals surface area contributed by atoms with Gasteiger partial charge in [0.1, 0.15) is 4.05 Å². The summed E-state index contributed by atoms with van der Waals surface area (Å²) in [5.74, 6) is 7.34. The van der Waals surface area contributed by atoms with Crippen molar-refractivity contribution in [2.75, 3.05) is 0 Å². The first kappa shape index (κ1) is 18.2. The summed E-state index contributed by atoms with van der Waals surface area (Å²) in [7, 11) is 0. The van der Waals surface area contributed by atoms with Gasteiger partial charge >= 0.3 is 17.1 Å². The minimum Gasteiger partial charge on any atom is -0.216 e. The van der Waals surface area contributed by atoms with Gasteiger partial charge in [-0.15, -0.1) is 0 Å². The summed E-state index contributed by atoms with van der Waals surface area (Å²) < 4.78 is 1.06. The van der Waals surface area contributed by atoms with Crippen LogP contribution in [0, 0.1) is 53.0 Å². The standard InChI is InChI=1S/C10H15.C4H3IN.Fe/c1-6-7(2)9(4)10(5)8(6)3;5-4-2-1-3-6-4;/h1-5H3;1-3H;/q;;+2. The van der Waals surface area contributed by atoms with E-state index in [2.05, 4.69) is 62.5 Å². The molecule has 0 unspecified atom stereocenters. The molecule has 1 aliphatic carbocycles. The molecule has 0 N–H and O–H groups in total. The SMILES string of the molecule is C[C]1[C](C)[C](C)[C](C)[C]1C.I[C]1[CH][CH][CH][N]1.[Fe+2]. The van der Waals surface area contributed by atoms with Crippen molar-refractivity contribution in [3.63, 3.8) is 0 Å². The fourth-order valence-electron chi connectivity index (χ4n) is 1.69. The molecule has 0 amide bonds. The minimum absolute atomic E-state index is 0. The van der Waals surface area contributed by atoms with Gasteiger partial charge in [-0.2, -0.15) is 0 Å². The smallest absolute Gasteiger partial charge is 0.216 e. The van der Waals surface area contributed by atoms with E-state index in [4.69, 9.17) is 0 Å². The van der Waals surface area contributed by atoms with Crippen LogP contribution in [0.1, 0.15) is 34.6 Å². The van der Waals surface area contributed by atoms with Crippen LogP contribution in [0.5, 0.6) is 0 Å². The molecule has 0 spiro atoms. The third-order valence-electron chi connectivity index (χ3n) is 3.33. The number of rotatable bonds is 0. The molecule has 1 saturated heterocycles. The third kappa shape index (κ3) is 5.00. The van der Waals surface area contributed by atoms with E-state index in [0.29, 0.717) is 0 Å². The molecule has 0 aromatic carbocycles. The molecule has 0 aromatic rings. The molecule has 0 bridgehead atoms. The van der Waals surface area contributed by atoms with Gasteiger partial charge in [-0.3, -0.25) is 0 Å². The van der Waals surface area contributed by atoms with Crippen LogP contribution >= 0.6 is 22.6 Å². The number of nitrogens with zero attached hydrogens (tertiary/aromatic N) is 1. The summed E-state index contributed by atoms with van der Waals surface area (Å²) in [6.45, 7) is 12.8. The molecule has 2 rings (SSSR count). The molecule has 17 heavy (non-hydrogen) atoms. The largest absolute Gasteiger partial charge is 2.00 e. The van der Waals surface area contributed by atoms with E-state index in [1.807, 2.05) is 12.8 Å². The Hall–Kier alpha value is 1.21. The van der Waals surface area contributed by atoms with Crippen LogP contribution in [0.4, 0.5) is 0 Å². The molecule has 2 fully saturated rings. The molecule has 2 aliphatic rings. The predicted molar refractivity (Wildman–Crippen MR) is 76.9 cm³/mol. The molecule has 10 radical (unpaired) electrons. The zero-order valence-corrected chi connectivity index (χ0v) is 14.2. The van der Waals surface area contributed by atoms with Crippen molar-refractivity contribution >= 4 is 22.6 Å². The fraction of sp³-hybridized carbons (Fsp3) is 0.357. The summed E-state index contributed by atoms with van der Waals surface area (Å²) in [5, 5.41) is 3.90. The summed E-state index contributed by atoms with van der Waals surface area (Å²) in [4.78, 5) is 0. The molecule has 0 atom stereocenters. The molecule has 0 aromatic heterocycles. The molecular formula is C14H18FeIN+2. The fourth-order valence-corrected chi connectivity index (χ4v) is 2.05. The van der Waals surface area contributed by atoms with E-state index in [0.717, 1.165) is 4.05 Å². The van der Waals surface area contributed by atoms with E-state index < -0.39 is 0 Å². The van der Waals surface area contributed by atoms with Crippen molar-refractivity contribution in [2.45, 2.75) is 34.6 Å². The van der Waals surface area contributed by atoms with Gasteiger partial charge in [-0.1, -0.05) is 57.2 Å². The first-order chi connectivity index (χ1) is 7.45. The Labute approximate surface area is 132 Å². The second-order valence-corrected chi connectivity index (χ2v) is 5.19. The number of halogens is 1. The minimum atomic E-state index is 0. The van der Waals surface area contributed by atoms with E-state index in [-0.39, 0.29) is 17.1 Å². The maximum Gasteiger partial charge on any atom is 2.00 e.